The van der Waals surface area contributed by atoms with E-state index in [2.05, 4.69) is 27.4 Å². The van der Waals surface area contributed by atoms with E-state index in [9.17, 15) is 0 Å². The number of aryl methyl sites for hydroxylation is 1. The van der Waals surface area contributed by atoms with Crippen molar-refractivity contribution in [3.8, 4) is 0 Å². The first-order valence-electron chi connectivity index (χ1n) is 6.58. The molecule has 2 atom stereocenters. The van der Waals surface area contributed by atoms with Gasteiger partial charge in [-0.1, -0.05) is 37.9 Å². The van der Waals surface area contributed by atoms with E-state index in [0.29, 0.717) is 11.3 Å². The van der Waals surface area contributed by atoms with Gasteiger partial charge in [0, 0.05) is 11.3 Å². The highest BCUT2D eigenvalue weighted by atomic mass is 32.2. The number of hydrogen-bond donors (Lipinski definition) is 2. The van der Waals surface area contributed by atoms with Crippen LogP contribution in [-0.4, -0.2) is 33.0 Å². The molecule has 0 spiro atoms. The molecule has 1 fully saturated rings. The molecule has 17 heavy (non-hydrogen) atoms. The molecule has 96 valence electrons. The van der Waals surface area contributed by atoms with Crippen molar-refractivity contribution in [1.82, 2.24) is 20.5 Å². The van der Waals surface area contributed by atoms with Gasteiger partial charge < -0.3 is 5.32 Å². The molecule has 2 unspecified atom stereocenters. The Hall–Kier alpha value is -0.550. The number of rotatable bonds is 4. The summed E-state index contributed by atoms with van der Waals surface area (Å²) in [6.45, 7) is 5.18. The Morgan fingerprint density at radius 3 is 2.88 bits per heavy atom. The van der Waals surface area contributed by atoms with Crippen molar-refractivity contribution in [2.24, 2.45) is 0 Å². The number of hydrogen-bond acceptors (Lipinski definition) is 4. The van der Waals surface area contributed by atoms with Gasteiger partial charge >= 0.3 is 0 Å². The van der Waals surface area contributed by atoms with Crippen LogP contribution in [0.25, 0.3) is 0 Å². The fraction of sp³-hybridized carbons (Fsp3) is 0.833. The first kappa shape index (κ1) is 12.9. The SMILES string of the molecule is CCNC1CCCCCC1Sc1n[nH]c(C)n1. The van der Waals surface area contributed by atoms with Crippen LogP contribution in [0.2, 0.25) is 0 Å². The maximum Gasteiger partial charge on any atom is 0.208 e. The van der Waals surface area contributed by atoms with Crippen molar-refractivity contribution < 1.29 is 0 Å². The first-order valence-corrected chi connectivity index (χ1v) is 7.46. The predicted molar refractivity (Wildman–Crippen MR) is 71.3 cm³/mol. The minimum absolute atomic E-state index is 0.617. The first-order chi connectivity index (χ1) is 8.29. The molecular weight excluding hydrogens is 232 g/mol. The maximum atomic E-state index is 4.40. The van der Waals surface area contributed by atoms with E-state index in [4.69, 9.17) is 0 Å². The molecule has 0 aromatic carbocycles. The van der Waals surface area contributed by atoms with Crippen LogP contribution in [-0.2, 0) is 0 Å². The van der Waals surface area contributed by atoms with Gasteiger partial charge in [-0.2, -0.15) is 0 Å². The standard InChI is InChI=1S/C12H22N4S/c1-3-13-10-7-5-4-6-8-11(10)17-12-14-9(2)15-16-12/h10-11,13H,3-8H2,1-2H3,(H,14,15,16). The fourth-order valence-corrected chi connectivity index (χ4v) is 3.66. The topological polar surface area (TPSA) is 53.6 Å². The molecule has 1 aromatic heterocycles. The summed E-state index contributed by atoms with van der Waals surface area (Å²) in [7, 11) is 0. The summed E-state index contributed by atoms with van der Waals surface area (Å²) in [6, 6.07) is 0.617. The van der Waals surface area contributed by atoms with Crippen molar-refractivity contribution in [1.29, 1.82) is 0 Å². The van der Waals surface area contributed by atoms with Crippen molar-refractivity contribution in [3.63, 3.8) is 0 Å². The molecule has 2 rings (SSSR count). The Bertz CT molecular complexity index is 339. The molecular formula is C12H22N4S. The highest BCUT2D eigenvalue weighted by Crippen LogP contribution is 2.31. The van der Waals surface area contributed by atoms with Gasteiger partial charge in [0.2, 0.25) is 5.16 Å². The molecule has 1 aromatic rings. The fourth-order valence-electron chi connectivity index (χ4n) is 2.42. The van der Waals surface area contributed by atoms with E-state index in [-0.39, 0.29) is 0 Å². The summed E-state index contributed by atoms with van der Waals surface area (Å²) < 4.78 is 0. The lowest BCUT2D eigenvalue weighted by atomic mass is 10.1. The number of aromatic amines is 1. The molecule has 5 heteroatoms. The molecule has 0 radical (unpaired) electrons. The molecule has 0 saturated heterocycles. The van der Waals surface area contributed by atoms with Crippen LogP contribution < -0.4 is 5.32 Å². The molecule has 1 saturated carbocycles. The molecule has 0 amide bonds. The smallest absolute Gasteiger partial charge is 0.208 e. The number of nitrogens with zero attached hydrogens (tertiary/aromatic N) is 2. The molecule has 4 nitrogen and oxygen atoms in total. The van der Waals surface area contributed by atoms with Crippen molar-refractivity contribution in [3.05, 3.63) is 5.82 Å². The molecule has 1 aliphatic carbocycles. The lowest BCUT2D eigenvalue weighted by molar-refractivity contribution is 0.482. The van der Waals surface area contributed by atoms with Gasteiger partial charge in [-0.15, -0.1) is 5.10 Å². The van der Waals surface area contributed by atoms with E-state index in [1.165, 1.54) is 32.1 Å². The lowest BCUT2D eigenvalue weighted by Gasteiger charge is -2.24. The second-order valence-electron chi connectivity index (χ2n) is 4.66. The zero-order valence-corrected chi connectivity index (χ0v) is 11.5. The molecule has 1 heterocycles. The van der Waals surface area contributed by atoms with Gasteiger partial charge in [0.05, 0.1) is 0 Å². The van der Waals surface area contributed by atoms with E-state index in [1.54, 1.807) is 0 Å². The molecule has 1 aliphatic rings. The Morgan fingerprint density at radius 1 is 1.35 bits per heavy atom. The van der Waals surface area contributed by atoms with Crippen LogP contribution in [0.1, 0.15) is 44.9 Å². The second-order valence-corrected chi connectivity index (χ2v) is 5.87. The van der Waals surface area contributed by atoms with Crippen molar-refractivity contribution in [2.45, 2.75) is 62.4 Å². The third-order valence-electron chi connectivity index (χ3n) is 3.25. The Balaban J connectivity index is 1.99. The zero-order valence-electron chi connectivity index (χ0n) is 10.7. The van der Waals surface area contributed by atoms with Gasteiger partial charge in [-0.05, 0) is 26.3 Å². The van der Waals surface area contributed by atoms with Crippen molar-refractivity contribution >= 4 is 11.8 Å². The number of thioether (sulfide) groups is 1. The lowest BCUT2D eigenvalue weighted by Crippen LogP contribution is -2.37. The average molecular weight is 254 g/mol. The third-order valence-corrected chi connectivity index (χ3v) is 4.51. The zero-order chi connectivity index (χ0) is 12.1. The Kier molecular flexibility index (Phi) is 4.86. The maximum absolute atomic E-state index is 4.40. The average Bonchev–Trinajstić information content (AvgIpc) is 2.58. The summed E-state index contributed by atoms with van der Waals surface area (Å²) >= 11 is 1.83. The third kappa shape index (κ3) is 3.71. The number of aromatic nitrogens is 3. The Morgan fingerprint density at radius 2 is 2.18 bits per heavy atom. The largest absolute Gasteiger partial charge is 0.313 e. The monoisotopic (exact) mass is 254 g/mol. The van der Waals surface area contributed by atoms with E-state index >= 15 is 0 Å². The molecule has 0 aliphatic heterocycles. The van der Waals surface area contributed by atoms with Gasteiger partial charge in [-0.25, -0.2) is 4.98 Å². The van der Waals surface area contributed by atoms with Crippen LogP contribution in [0.15, 0.2) is 5.16 Å². The van der Waals surface area contributed by atoms with E-state index < -0.39 is 0 Å². The number of nitrogens with one attached hydrogen (secondary N) is 2. The van der Waals surface area contributed by atoms with Crippen LogP contribution in [0.5, 0.6) is 0 Å². The Labute approximate surface area is 107 Å². The minimum Gasteiger partial charge on any atom is -0.313 e. The summed E-state index contributed by atoms with van der Waals surface area (Å²) in [5.41, 5.74) is 0. The van der Waals surface area contributed by atoms with Crippen molar-refractivity contribution in [2.75, 3.05) is 6.54 Å². The quantitative estimate of drug-likeness (QED) is 0.811. The summed E-state index contributed by atoms with van der Waals surface area (Å²) in [5, 5.41) is 12.3. The summed E-state index contributed by atoms with van der Waals surface area (Å²) in [6.07, 6.45) is 6.61. The summed E-state index contributed by atoms with van der Waals surface area (Å²) in [4.78, 5) is 4.40. The summed E-state index contributed by atoms with van der Waals surface area (Å²) in [5.74, 6) is 0.904. The highest BCUT2D eigenvalue weighted by Gasteiger charge is 2.25. The molecule has 2 N–H and O–H groups in total. The van der Waals surface area contributed by atoms with Crippen LogP contribution in [0.4, 0.5) is 0 Å². The predicted octanol–water partition coefficient (Wildman–Crippen LogP) is 2.52. The van der Waals surface area contributed by atoms with Crippen LogP contribution in [0, 0.1) is 6.92 Å². The normalized spacial score (nSPS) is 25.8. The van der Waals surface area contributed by atoms with Crippen LogP contribution >= 0.6 is 11.8 Å². The molecule has 0 bridgehead atoms. The minimum atomic E-state index is 0.617. The van der Waals surface area contributed by atoms with E-state index in [0.717, 1.165) is 17.5 Å². The van der Waals surface area contributed by atoms with Crippen LogP contribution in [0.3, 0.4) is 0 Å². The van der Waals surface area contributed by atoms with Gasteiger partial charge in [0.1, 0.15) is 5.82 Å². The highest BCUT2D eigenvalue weighted by molar-refractivity contribution is 7.99. The second kappa shape index (κ2) is 6.40. The van der Waals surface area contributed by atoms with Gasteiger partial charge in [0.25, 0.3) is 0 Å². The van der Waals surface area contributed by atoms with Gasteiger partial charge in [-0.3, -0.25) is 5.10 Å². The van der Waals surface area contributed by atoms with Gasteiger partial charge in [0.15, 0.2) is 0 Å². The van der Waals surface area contributed by atoms with E-state index in [1.807, 2.05) is 18.7 Å². The number of H-pyrrole nitrogens is 1.